The highest BCUT2D eigenvalue weighted by molar-refractivity contribution is 5.46. The van der Waals surface area contributed by atoms with Crippen LogP contribution < -0.4 is 10.1 Å². The molecule has 0 aliphatic carbocycles. The van der Waals surface area contributed by atoms with Crippen LogP contribution in [0.15, 0.2) is 36.2 Å². The van der Waals surface area contributed by atoms with Gasteiger partial charge in [0.2, 0.25) is 0 Å². The van der Waals surface area contributed by atoms with Crippen LogP contribution in [-0.4, -0.2) is 43.1 Å². The van der Waals surface area contributed by atoms with E-state index in [0.717, 1.165) is 24.8 Å². The van der Waals surface area contributed by atoms with E-state index in [4.69, 9.17) is 14.2 Å². The van der Waals surface area contributed by atoms with Crippen molar-refractivity contribution in [3.05, 3.63) is 47.4 Å². The minimum absolute atomic E-state index is 0.140. The van der Waals surface area contributed by atoms with Gasteiger partial charge in [-0.05, 0) is 38.0 Å². The molecule has 29 heavy (non-hydrogen) atoms. The predicted octanol–water partition coefficient (Wildman–Crippen LogP) is 2.78. The molecule has 1 unspecified atom stereocenters. The number of rotatable bonds is 11. The molecule has 0 saturated heterocycles. The van der Waals surface area contributed by atoms with Crippen molar-refractivity contribution >= 4 is 5.94 Å². The Morgan fingerprint density at radius 2 is 2.24 bits per heavy atom. The summed E-state index contributed by atoms with van der Waals surface area (Å²) in [5, 5.41) is 23.4. The number of unbranched alkanes of at least 4 members (excludes halogenated alkanes) is 1. The van der Waals surface area contributed by atoms with E-state index < -0.39 is 12.1 Å². The van der Waals surface area contributed by atoms with Crippen LogP contribution in [0.25, 0.3) is 0 Å². The Bertz CT molecular complexity index is 780. The van der Waals surface area contributed by atoms with Crippen LogP contribution in [0.4, 0.5) is 0 Å². The molecular formula is C22H28N2O5. The average Bonchev–Trinajstić information content (AvgIpc) is 2.74. The van der Waals surface area contributed by atoms with Gasteiger partial charge in [-0.15, -0.1) is 0 Å². The van der Waals surface area contributed by atoms with E-state index in [2.05, 4.69) is 18.3 Å². The van der Waals surface area contributed by atoms with Gasteiger partial charge in [-0.2, -0.15) is 5.26 Å². The largest absolute Gasteiger partial charge is 0.494 e. The number of nitrogens with one attached hydrogen (secondary N) is 1. The molecule has 1 aliphatic rings. The standard InChI is InChI=1S/C22H28N2O5/c1-3-5-7-20-22(26)21(18-12-16(13-23)8-9-19(18)29-20)24-14-17(28-4-2)15-27-11-6-10-25/h6,8-9,12,14,20-22,24,26H,3-5,7,11,15H2,1-2H3/b17-14+/t20-,21?,22-/m0/s1. The first kappa shape index (κ1) is 22.5. The summed E-state index contributed by atoms with van der Waals surface area (Å²) in [6.45, 7) is 4.71. The zero-order valence-electron chi connectivity index (χ0n) is 16.9. The third kappa shape index (κ3) is 6.37. The number of carbonyl (C=O) groups excluding carboxylic acids is 1. The number of nitrogens with zero attached hydrogens (tertiary/aromatic N) is 1. The Balaban J connectivity index is 2.24. The highest BCUT2D eigenvalue weighted by atomic mass is 16.5. The van der Waals surface area contributed by atoms with E-state index in [1.807, 2.05) is 6.92 Å². The zero-order valence-corrected chi connectivity index (χ0v) is 16.9. The van der Waals surface area contributed by atoms with Gasteiger partial charge < -0.3 is 24.6 Å². The average molecular weight is 400 g/mol. The fourth-order valence-corrected chi connectivity index (χ4v) is 3.17. The quantitative estimate of drug-likeness (QED) is 0.335. The maximum absolute atomic E-state index is 10.9. The summed E-state index contributed by atoms with van der Waals surface area (Å²) in [5.41, 5.74) is 1.22. The number of fused-ring (bicyclic) bond motifs is 1. The van der Waals surface area contributed by atoms with E-state index in [1.165, 1.54) is 6.08 Å². The van der Waals surface area contributed by atoms with Crippen molar-refractivity contribution in [1.29, 1.82) is 5.26 Å². The van der Waals surface area contributed by atoms with E-state index in [0.29, 0.717) is 23.7 Å². The lowest BCUT2D eigenvalue weighted by Gasteiger charge is -2.37. The molecule has 1 aromatic rings. The van der Waals surface area contributed by atoms with Crippen molar-refractivity contribution < 1.29 is 24.1 Å². The smallest absolute Gasteiger partial charge is 0.137 e. The third-order valence-corrected chi connectivity index (χ3v) is 4.60. The number of aliphatic hydroxyl groups excluding tert-OH is 1. The van der Waals surface area contributed by atoms with Gasteiger partial charge in [0, 0.05) is 17.8 Å². The van der Waals surface area contributed by atoms with Crippen molar-refractivity contribution in [3.8, 4) is 11.8 Å². The van der Waals surface area contributed by atoms with Crippen molar-refractivity contribution in [2.45, 2.75) is 51.4 Å². The summed E-state index contributed by atoms with van der Waals surface area (Å²) in [6, 6.07) is 6.87. The Morgan fingerprint density at radius 3 is 2.93 bits per heavy atom. The maximum atomic E-state index is 10.9. The minimum atomic E-state index is -0.791. The number of hydrogen-bond donors (Lipinski definition) is 2. The predicted molar refractivity (Wildman–Crippen MR) is 108 cm³/mol. The van der Waals surface area contributed by atoms with Gasteiger partial charge >= 0.3 is 0 Å². The molecule has 0 saturated carbocycles. The molecule has 0 bridgehead atoms. The molecule has 2 N–H and O–H groups in total. The first-order valence-corrected chi connectivity index (χ1v) is 9.88. The van der Waals surface area contributed by atoms with Crippen LogP contribution >= 0.6 is 0 Å². The van der Waals surface area contributed by atoms with Crippen molar-refractivity contribution in [1.82, 2.24) is 5.32 Å². The second-order valence-electron chi connectivity index (χ2n) is 6.68. The van der Waals surface area contributed by atoms with Gasteiger partial charge in [0.05, 0.1) is 30.9 Å². The molecule has 1 aromatic carbocycles. The summed E-state index contributed by atoms with van der Waals surface area (Å²) >= 11 is 0. The second-order valence-corrected chi connectivity index (χ2v) is 6.68. The minimum Gasteiger partial charge on any atom is -0.494 e. The topological polar surface area (TPSA) is 101 Å². The van der Waals surface area contributed by atoms with Crippen LogP contribution in [-0.2, 0) is 14.3 Å². The number of ether oxygens (including phenoxy) is 3. The maximum Gasteiger partial charge on any atom is 0.137 e. The Morgan fingerprint density at radius 1 is 1.41 bits per heavy atom. The molecular weight excluding hydrogens is 372 g/mol. The lowest BCUT2D eigenvalue weighted by molar-refractivity contribution is -0.00931. The van der Waals surface area contributed by atoms with Gasteiger partial charge in [-0.3, -0.25) is 0 Å². The van der Waals surface area contributed by atoms with Crippen LogP contribution in [0.5, 0.6) is 5.75 Å². The molecule has 0 radical (unpaired) electrons. The van der Waals surface area contributed by atoms with Crippen molar-refractivity contribution in [2.75, 3.05) is 19.8 Å². The molecule has 7 nitrogen and oxygen atoms in total. The molecule has 0 fully saturated rings. The third-order valence-electron chi connectivity index (χ3n) is 4.60. The van der Waals surface area contributed by atoms with Crippen molar-refractivity contribution in [2.24, 2.45) is 0 Å². The Kier molecular flexibility index (Phi) is 9.26. The first-order valence-electron chi connectivity index (χ1n) is 9.88. The van der Waals surface area contributed by atoms with Gasteiger partial charge in [0.15, 0.2) is 0 Å². The lowest BCUT2D eigenvalue weighted by atomic mass is 9.90. The Hall–Kier alpha value is -2.78. The normalized spacial score (nSPS) is 20.6. The van der Waals surface area contributed by atoms with Crippen LogP contribution in [0.1, 0.15) is 50.3 Å². The molecule has 1 heterocycles. The van der Waals surface area contributed by atoms with E-state index in [9.17, 15) is 15.2 Å². The molecule has 156 valence electrons. The summed E-state index contributed by atoms with van der Waals surface area (Å²) in [7, 11) is 0. The number of nitriles is 1. The SMILES string of the molecule is CCCC[C@@H]1Oc2ccc(C#N)cc2C(N/C=C(\COCC=C=O)OCC)[C@H]1O. The highest BCUT2D eigenvalue weighted by Gasteiger charge is 2.36. The van der Waals surface area contributed by atoms with E-state index >= 15 is 0 Å². The number of hydrogen-bond acceptors (Lipinski definition) is 7. The number of benzene rings is 1. The first-order chi connectivity index (χ1) is 14.1. The molecule has 1 aliphatic heterocycles. The van der Waals surface area contributed by atoms with Crippen LogP contribution in [0.3, 0.4) is 0 Å². The zero-order chi connectivity index (χ0) is 21.1. The summed E-state index contributed by atoms with van der Waals surface area (Å²) in [4.78, 5) is 10.2. The van der Waals surface area contributed by atoms with E-state index in [1.54, 1.807) is 30.3 Å². The summed E-state index contributed by atoms with van der Waals surface area (Å²) in [6.07, 6.45) is 4.46. The van der Waals surface area contributed by atoms with Gasteiger partial charge in [0.1, 0.15) is 36.3 Å². The fraction of sp³-hybridized carbons (Fsp3) is 0.500. The number of aliphatic hydroxyl groups is 1. The Labute approximate surface area is 171 Å². The fourth-order valence-electron chi connectivity index (χ4n) is 3.17. The lowest BCUT2D eigenvalue weighted by Crippen LogP contribution is -2.45. The highest BCUT2D eigenvalue weighted by Crippen LogP contribution is 2.37. The van der Waals surface area contributed by atoms with Gasteiger partial charge in [0.25, 0.3) is 0 Å². The molecule has 2 rings (SSSR count). The summed E-state index contributed by atoms with van der Waals surface area (Å²) in [5.74, 6) is 2.85. The van der Waals surface area contributed by atoms with Gasteiger partial charge in [-0.25, -0.2) is 4.79 Å². The molecule has 0 amide bonds. The monoisotopic (exact) mass is 400 g/mol. The van der Waals surface area contributed by atoms with Crippen molar-refractivity contribution in [3.63, 3.8) is 0 Å². The second kappa shape index (κ2) is 11.9. The van der Waals surface area contributed by atoms with E-state index in [-0.39, 0.29) is 19.3 Å². The van der Waals surface area contributed by atoms with Crippen LogP contribution in [0.2, 0.25) is 0 Å². The molecule has 3 atom stereocenters. The molecule has 7 heteroatoms. The summed E-state index contributed by atoms with van der Waals surface area (Å²) < 4.78 is 16.9. The molecule has 0 spiro atoms. The van der Waals surface area contributed by atoms with Crippen LogP contribution in [0, 0.1) is 11.3 Å². The van der Waals surface area contributed by atoms with Gasteiger partial charge in [-0.1, -0.05) is 13.3 Å². The molecule has 0 aromatic heterocycles.